The van der Waals surface area contributed by atoms with Crippen molar-refractivity contribution in [3.05, 3.63) is 29.8 Å². The number of benzene rings is 1. The van der Waals surface area contributed by atoms with Crippen molar-refractivity contribution >= 4 is 11.9 Å². The summed E-state index contributed by atoms with van der Waals surface area (Å²) < 4.78 is 5.63. The summed E-state index contributed by atoms with van der Waals surface area (Å²) in [4.78, 5) is 24.9. The van der Waals surface area contributed by atoms with Crippen LogP contribution < -0.4 is 10.1 Å². The number of carboxylic acid groups (broad SMARTS) is 1. The fourth-order valence-electron chi connectivity index (χ4n) is 2.47. The van der Waals surface area contributed by atoms with Gasteiger partial charge in [0.25, 0.3) is 0 Å². The number of nitrogens with zero attached hydrogens (tertiary/aromatic N) is 1. The maximum atomic E-state index is 12.4. The zero-order chi connectivity index (χ0) is 18.1. The Bertz CT molecular complexity index is 546. The second-order valence-electron chi connectivity index (χ2n) is 5.89. The average Bonchev–Trinajstić information content (AvgIpc) is 2.52. The standard InChI is InChI=1S/C18H28N2O4/c1-5-15(14-9-7-8-10-16(14)24-6-2)19-17(21)11-20(13(3)4)12-18(22)23/h7-10,13,15H,5-6,11-12H2,1-4H3,(H,19,21)(H,22,23). The monoisotopic (exact) mass is 336 g/mol. The van der Waals surface area contributed by atoms with Crippen LogP contribution in [-0.2, 0) is 9.59 Å². The molecule has 24 heavy (non-hydrogen) atoms. The van der Waals surface area contributed by atoms with Crippen molar-refractivity contribution in [3.63, 3.8) is 0 Å². The topological polar surface area (TPSA) is 78.9 Å². The van der Waals surface area contributed by atoms with Crippen molar-refractivity contribution in [3.8, 4) is 5.75 Å². The number of para-hydroxylation sites is 1. The third-order valence-corrected chi connectivity index (χ3v) is 3.75. The third-order valence-electron chi connectivity index (χ3n) is 3.75. The van der Waals surface area contributed by atoms with E-state index in [9.17, 15) is 9.59 Å². The lowest BCUT2D eigenvalue weighted by molar-refractivity contribution is -0.139. The van der Waals surface area contributed by atoms with E-state index in [2.05, 4.69) is 5.32 Å². The van der Waals surface area contributed by atoms with E-state index in [1.165, 1.54) is 0 Å². The summed E-state index contributed by atoms with van der Waals surface area (Å²) in [5.41, 5.74) is 0.935. The highest BCUT2D eigenvalue weighted by atomic mass is 16.5. The first kappa shape index (κ1) is 20.0. The summed E-state index contributed by atoms with van der Waals surface area (Å²) in [7, 11) is 0. The minimum atomic E-state index is -0.940. The first-order valence-corrected chi connectivity index (χ1v) is 8.35. The van der Waals surface area contributed by atoms with Gasteiger partial charge >= 0.3 is 5.97 Å². The molecule has 134 valence electrons. The molecule has 1 unspecified atom stereocenters. The van der Waals surface area contributed by atoms with Gasteiger partial charge in [-0.05, 0) is 33.3 Å². The Kier molecular flexibility index (Phi) is 8.26. The number of carbonyl (C=O) groups excluding carboxylic acids is 1. The van der Waals surface area contributed by atoms with Crippen LogP contribution in [0.2, 0.25) is 0 Å². The van der Waals surface area contributed by atoms with E-state index in [1.807, 2.05) is 52.0 Å². The molecule has 0 radical (unpaired) electrons. The van der Waals surface area contributed by atoms with Crippen molar-refractivity contribution in [2.75, 3.05) is 19.7 Å². The molecule has 0 bridgehead atoms. The second kappa shape index (κ2) is 9.93. The van der Waals surface area contributed by atoms with Crippen molar-refractivity contribution in [2.45, 2.75) is 46.2 Å². The molecule has 0 aliphatic rings. The van der Waals surface area contributed by atoms with E-state index in [1.54, 1.807) is 4.90 Å². The Labute approximate surface area is 143 Å². The smallest absolute Gasteiger partial charge is 0.317 e. The Morgan fingerprint density at radius 2 is 1.88 bits per heavy atom. The van der Waals surface area contributed by atoms with Crippen molar-refractivity contribution in [1.29, 1.82) is 0 Å². The van der Waals surface area contributed by atoms with Crippen LogP contribution in [0.25, 0.3) is 0 Å². The molecular formula is C18H28N2O4. The van der Waals surface area contributed by atoms with Crippen LogP contribution in [0.3, 0.4) is 0 Å². The first-order valence-electron chi connectivity index (χ1n) is 8.35. The molecule has 1 aromatic carbocycles. The number of carboxylic acids is 1. The Balaban J connectivity index is 2.80. The van der Waals surface area contributed by atoms with E-state index in [0.29, 0.717) is 6.61 Å². The lowest BCUT2D eigenvalue weighted by atomic mass is 10.0. The van der Waals surface area contributed by atoms with Crippen LogP contribution in [0.15, 0.2) is 24.3 Å². The molecule has 0 aliphatic heterocycles. The number of amides is 1. The largest absolute Gasteiger partial charge is 0.494 e. The summed E-state index contributed by atoms with van der Waals surface area (Å²) in [5, 5.41) is 11.9. The molecule has 1 amide bonds. The van der Waals surface area contributed by atoms with E-state index in [0.717, 1.165) is 17.7 Å². The molecular weight excluding hydrogens is 308 g/mol. The molecule has 1 atom stereocenters. The average molecular weight is 336 g/mol. The molecule has 0 fully saturated rings. The molecule has 2 N–H and O–H groups in total. The van der Waals surface area contributed by atoms with Crippen molar-refractivity contribution < 1.29 is 19.4 Å². The highest BCUT2D eigenvalue weighted by Crippen LogP contribution is 2.27. The van der Waals surface area contributed by atoms with Gasteiger partial charge in [-0.2, -0.15) is 0 Å². The van der Waals surface area contributed by atoms with Crippen LogP contribution >= 0.6 is 0 Å². The van der Waals surface area contributed by atoms with Gasteiger partial charge in [0, 0.05) is 11.6 Å². The van der Waals surface area contributed by atoms with Crippen LogP contribution in [0.5, 0.6) is 5.75 Å². The molecule has 0 spiro atoms. The third kappa shape index (κ3) is 6.20. The number of hydrogen-bond acceptors (Lipinski definition) is 4. The summed E-state index contributed by atoms with van der Waals surface area (Å²) in [6.45, 7) is 8.11. The molecule has 1 aromatic rings. The van der Waals surface area contributed by atoms with Crippen molar-refractivity contribution in [2.24, 2.45) is 0 Å². The zero-order valence-electron chi connectivity index (χ0n) is 14.9. The van der Waals surface area contributed by atoms with Crippen LogP contribution in [0, 0.1) is 0 Å². The zero-order valence-corrected chi connectivity index (χ0v) is 14.9. The lowest BCUT2D eigenvalue weighted by Gasteiger charge is -2.26. The van der Waals surface area contributed by atoms with Gasteiger partial charge in [0.1, 0.15) is 5.75 Å². The minimum absolute atomic E-state index is 0.0253. The predicted octanol–water partition coefficient (Wildman–Crippen LogP) is 2.45. The van der Waals surface area contributed by atoms with E-state index in [4.69, 9.17) is 9.84 Å². The molecule has 0 aromatic heterocycles. The fourth-order valence-corrected chi connectivity index (χ4v) is 2.47. The van der Waals surface area contributed by atoms with Gasteiger partial charge in [0.2, 0.25) is 5.91 Å². The summed E-state index contributed by atoms with van der Waals surface area (Å²) in [5.74, 6) is -0.369. The van der Waals surface area contributed by atoms with Crippen LogP contribution in [-0.4, -0.2) is 47.6 Å². The van der Waals surface area contributed by atoms with Crippen LogP contribution in [0.4, 0.5) is 0 Å². The molecule has 0 aliphatic carbocycles. The Morgan fingerprint density at radius 1 is 1.21 bits per heavy atom. The number of ether oxygens (including phenoxy) is 1. The molecule has 0 heterocycles. The molecule has 1 rings (SSSR count). The summed E-state index contributed by atoms with van der Waals surface area (Å²) >= 11 is 0. The fraction of sp³-hybridized carbons (Fsp3) is 0.556. The summed E-state index contributed by atoms with van der Waals surface area (Å²) in [6, 6.07) is 7.45. The van der Waals surface area contributed by atoms with Gasteiger partial charge in [-0.15, -0.1) is 0 Å². The van der Waals surface area contributed by atoms with Gasteiger partial charge in [0.15, 0.2) is 0 Å². The highest BCUT2D eigenvalue weighted by Gasteiger charge is 2.21. The van der Waals surface area contributed by atoms with Gasteiger partial charge in [-0.25, -0.2) is 0 Å². The number of hydrogen-bond donors (Lipinski definition) is 2. The minimum Gasteiger partial charge on any atom is -0.494 e. The predicted molar refractivity (Wildman–Crippen MR) is 93.1 cm³/mol. The van der Waals surface area contributed by atoms with Gasteiger partial charge < -0.3 is 15.2 Å². The first-order chi connectivity index (χ1) is 11.4. The molecule has 6 nitrogen and oxygen atoms in total. The van der Waals surface area contributed by atoms with Gasteiger partial charge in [-0.3, -0.25) is 14.5 Å². The molecule has 0 saturated carbocycles. The van der Waals surface area contributed by atoms with E-state index in [-0.39, 0.29) is 31.1 Å². The normalized spacial score (nSPS) is 12.2. The maximum absolute atomic E-state index is 12.4. The maximum Gasteiger partial charge on any atom is 0.317 e. The highest BCUT2D eigenvalue weighted by molar-refractivity contribution is 5.79. The van der Waals surface area contributed by atoms with Crippen LogP contribution in [0.1, 0.15) is 45.7 Å². The quantitative estimate of drug-likeness (QED) is 0.686. The number of carbonyl (C=O) groups is 2. The molecule has 6 heteroatoms. The lowest BCUT2D eigenvalue weighted by Crippen LogP contribution is -2.44. The van der Waals surface area contributed by atoms with E-state index < -0.39 is 5.97 Å². The second-order valence-corrected chi connectivity index (χ2v) is 5.89. The Hall–Kier alpha value is -2.08. The van der Waals surface area contributed by atoms with Gasteiger partial charge in [-0.1, -0.05) is 25.1 Å². The number of nitrogens with one attached hydrogen (secondary N) is 1. The Morgan fingerprint density at radius 3 is 2.42 bits per heavy atom. The summed E-state index contributed by atoms with van der Waals surface area (Å²) in [6.07, 6.45) is 0.719. The SMILES string of the molecule is CCOc1ccccc1C(CC)NC(=O)CN(CC(=O)O)C(C)C. The molecule has 0 saturated heterocycles. The van der Waals surface area contributed by atoms with E-state index >= 15 is 0 Å². The number of aliphatic carboxylic acids is 1. The number of rotatable bonds is 10. The van der Waals surface area contributed by atoms with Crippen molar-refractivity contribution in [1.82, 2.24) is 10.2 Å². The van der Waals surface area contributed by atoms with Gasteiger partial charge in [0.05, 0.1) is 25.7 Å².